The van der Waals surface area contributed by atoms with Crippen LogP contribution in [0.2, 0.25) is 0 Å². The molecular formula is C25H26N3O3S+. The Labute approximate surface area is 191 Å². The first-order valence-electron chi connectivity index (χ1n) is 10.3. The average molecular weight is 449 g/mol. The number of aromatic hydroxyl groups is 1. The molecule has 1 aliphatic rings. The summed E-state index contributed by atoms with van der Waals surface area (Å²) in [5.41, 5.74) is 3.53. The smallest absolute Gasteiger partial charge is 0.270 e. The van der Waals surface area contributed by atoms with Crippen LogP contribution < -0.4 is 4.90 Å². The second kappa shape index (κ2) is 8.24. The molecule has 6 nitrogen and oxygen atoms in total. The molecule has 0 radical (unpaired) electrons. The van der Waals surface area contributed by atoms with Crippen molar-refractivity contribution in [3.05, 3.63) is 86.8 Å². The molecule has 0 saturated carbocycles. The van der Waals surface area contributed by atoms with Crippen molar-refractivity contribution >= 4 is 39.5 Å². The van der Waals surface area contributed by atoms with Gasteiger partial charge in [0.25, 0.3) is 5.69 Å². The molecule has 2 aromatic carbocycles. The van der Waals surface area contributed by atoms with E-state index in [0.717, 1.165) is 16.3 Å². The number of rotatable bonds is 6. The van der Waals surface area contributed by atoms with Crippen LogP contribution in [0.25, 0.3) is 6.08 Å². The molecule has 2 heterocycles. The van der Waals surface area contributed by atoms with Gasteiger partial charge in [-0.2, -0.15) is 4.58 Å². The van der Waals surface area contributed by atoms with Crippen LogP contribution in [0.3, 0.4) is 0 Å². The topological polar surface area (TPSA) is 69.6 Å². The number of anilines is 1. The number of phenols is 1. The van der Waals surface area contributed by atoms with Crippen LogP contribution in [-0.4, -0.2) is 34.4 Å². The van der Waals surface area contributed by atoms with Gasteiger partial charge in [0.2, 0.25) is 5.69 Å². The number of nitro groups is 1. The zero-order valence-corrected chi connectivity index (χ0v) is 19.4. The molecule has 1 aliphatic heterocycles. The lowest BCUT2D eigenvalue weighted by molar-refractivity contribution is -0.455. The normalized spacial score (nSPS) is 14.8. The highest BCUT2D eigenvalue weighted by molar-refractivity contribution is 7.16. The van der Waals surface area contributed by atoms with E-state index >= 15 is 0 Å². The van der Waals surface area contributed by atoms with E-state index in [1.165, 1.54) is 28.8 Å². The second-order valence-electron chi connectivity index (χ2n) is 8.59. The lowest BCUT2D eigenvalue weighted by atomic mass is 9.81. The minimum atomic E-state index is -0.436. The molecule has 164 valence electrons. The Balaban J connectivity index is 1.81. The van der Waals surface area contributed by atoms with Crippen molar-refractivity contribution in [3.8, 4) is 5.75 Å². The predicted molar refractivity (Wildman–Crippen MR) is 131 cm³/mol. The third kappa shape index (κ3) is 3.91. The monoisotopic (exact) mass is 448 g/mol. The molecule has 0 atom stereocenters. The fourth-order valence-electron chi connectivity index (χ4n) is 4.13. The SMILES string of the molecule is CN(C)c1ccc(C=CC2=[N+](Cc3cc([N+](=O)[O-])ccc3O)c3ccccc3C2(C)C)s1. The van der Waals surface area contributed by atoms with E-state index in [4.69, 9.17) is 0 Å². The summed E-state index contributed by atoms with van der Waals surface area (Å²) in [4.78, 5) is 14.1. The van der Waals surface area contributed by atoms with Gasteiger partial charge in [0.15, 0.2) is 12.3 Å². The third-order valence-corrected chi connectivity index (χ3v) is 7.08. The lowest BCUT2D eigenvalue weighted by Gasteiger charge is -2.15. The molecule has 0 unspecified atom stereocenters. The molecule has 7 heteroatoms. The molecule has 32 heavy (non-hydrogen) atoms. The Kier molecular flexibility index (Phi) is 5.60. The highest BCUT2D eigenvalue weighted by Gasteiger charge is 2.44. The van der Waals surface area contributed by atoms with Crippen LogP contribution in [0, 0.1) is 10.1 Å². The predicted octanol–water partition coefficient (Wildman–Crippen LogP) is 5.72. The third-order valence-electron chi connectivity index (χ3n) is 5.86. The van der Waals surface area contributed by atoms with Gasteiger partial charge in [-0.05, 0) is 38.1 Å². The Hall–Kier alpha value is -3.45. The van der Waals surface area contributed by atoms with Crippen molar-refractivity contribution in [1.29, 1.82) is 0 Å². The van der Waals surface area contributed by atoms with Gasteiger partial charge in [-0.1, -0.05) is 18.2 Å². The minimum Gasteiger partial charge on any atom is -0.507 e. The first-order valence-corrected chi connectivity index (χ1v) is 11.2. The van der Waals surface area contributed by atoms with Gasteiger partial charge in [-0.3, -0.25) is 10.1 Å². The molecule has 0 aliphatic carbocycles. The van der Waals surface area contributed by atoms with E-state index in [1.807, 2.05) is 26.2 Å². The lowest BCUT2D eigenvalue weighted by Crippen LogP contribution is -2.27. The van der Waals surface area contributed by atoms with Crippen molar-refractivity contribution < 1.29 is 14.6 Å². The summed E-state index contributed by atoms with van der Waals surface area (Å²) in [5.74, 6) is 0.0509. The number of fused-ring (bicyclic) bond motifs is 1. The first-order chi connectivity index (χ1) is 15.2. The van der Waals surface area contributed by atoms with Crippen LogP contribution in [-0.2, 0) is 12.0 Å². The number of nitrogens with zero attached hydrogens (tertiary/aromatic N) is 3. The maximum absolute atomic E-state index is 11.3. The number of thiophene rings is 1. The molecule has 0 spiro atoms. The number of benzene rings is 2. The Morgan fingerprint density at radius 1 is 1.12 bits per heavy atom. The number of phenolic OH excluding ortho intramolecular Hbond substituents is 1. The van der Waals surface area contributed by atoms with E-state index in [1.54, 1.807) is 11.3 Å². The summed E-state index contributed by atoms with van der Waals surface area (Å²) in [6.07, 6.45) is 4.24. The van der Waals surface area contributed by atoms with E-state index in [9.17, 15) is 15.2 Å². The molecule has 4 rings (SSSR count). The minimum absolute atomic E-state index is 0.0311. The molecule has 3 aromatic rings. The molecule has 0 fully saturated rings. The van der Waals surface area contributed by atoms with Crippen LogP contribution in [0.1, 0.15) is 29.9 Å². The molecular weight excluding hydrogens is 422 g/mol. The van der Waals surface area contributed by atoms with Crippen LogP contribution in [0.4, 0.5) is 16.4 Å². The number of para-hydroxylation sites is 1. The van der Waals surface area contributed by atoms with Gasteiger partial charge in [0, 0.05) is 48.8 Å². The van der Waals surface area contributed by atoms with Crippen molar-refractivity contribution in [1.82, 2.24) is 0 Å². The highest BCUT2D eigenvalue weighted by atomic mass is 32.1. The molecule has 1 aromatic heterocycles. The van der Waals surface area contributed by atoms with Crippen LogP contribution in [0.5, 0.6) is 5.75 Å². The summed E-state index contributed by atoms with van der Waals surface area (Å²) in [6.45, 7) is 4.69. The maximum atomic E-state index is 11.3. The van der Waals surface area contributed by atoms with Gasteiger partial charge in [0.05, 0.1) is 20.9 Å². The van der Waals surface area contributed by atoms with Crippen molar-refractivity contribution in [2.24, 2.45) is 0 Å². The van der Waals surface area contributed by atoms with Crippen LogP contribution in [0.15, 0.2) is 60.7 Å². The van der Waals surface area contributed by atoms with E-state index in [2.05, 4.69) is 59.7 Å². The van der Waals surface area contributed by atoms with Gasteiger partial charge < -0.3 is 10.0 Å². The molecule has 0 bridgehead atoms. The fourth-order valence-corrected chi connectivity index (χ4v) is 4.96. The molecule has 0 amide bonds. The second-order valence-corrected chi connectivity index (χ2v) is 9.68. The average Bonchev–Trinajstić information content (AvgIpc) is 3.30. The summed E-state index contributed by atoms with van der Waals surface area (Å²) < 4.78 is 2.14. The summed E-state index contributed by atoms with van der Waals surface area (Å²) >= 11 is 1.71. The molecule has 1 N–H and O–H groups in total. The van der Waals surface area contributed by atoms with Gasteiger partial charge >= 0.3 is 0 Å². The molecule has 0 saturated heterocycles. The number of allylic oxidation sites excluding steroid dienone is 1. The van der Waals surface area contributed by atoms with Crippen molar-refractivity contribution in [2.75, 3.05) is 19.0 Å². The van der Waals surface area contributed by atoms with Gasteiger partial charge in [-0.25, -0.2) is 0 Å². The van der Waals surface area contributed by atoms with Gasteiger partial charge in [0.1, 0.15) is 5.75 Å². The fraction of sp³-hybridized carbons (Fsp3) is 0.240. The number of hydrogen-bond donors (Lipinski definition) is 1. The first kappa shape index (κ1) is 21.8. The Morgan fingerprint density at radius 3 is 2.56 bits per heavy atom. The standard InChI is InChI=1S/C25H25N3O3S/c1-25(2)20-7-5-6-8-21(20)27(16-17-15-18(28(30)31)9-12-22(17)29)23(25)13-10-19-11-14-24(32-19)26(3)4/h5-15H,16H2,1-4H3/p+1. The van der Waals surface area contributed by atoms with Crippen molar-refractivity contribution in [2.45, 2.75) is 25.8 Å². The van der Waals surface area contributed by atoms with Gasteiger partial charge in [-0.15, -0.1) is 11.3 Å². The Bertz CT molecular complexity index is 1250. The zero-order valence-electron chi connectivity index (χ0n) is 18.6. The van der Waals surface area contributed by atoms with E-state index < -0.39 is 4.92 Å². The van der Waals surface area contributed by atoms with Crippen LogP contribution >= 0.6 is 11.3 Å². The number of hydrogen-bond acceptors (Lipinski definition) is 5. The van der Waals surface area contributed by atoms with E-state index in [0.29, 0.717) is 12.1 Å². The van der Waals surface area contributed by atoms with E-state index in [-0.39, 0.29) is 16.9 Å². The summed E-state index contributed by atoms with van der Waals surface area (Å²) in [5, 5.41) is 22.9. The Morgan fingerprint density at radius 2 is 1.88 bits per heavy atom. The summed E-state index contributed by atoms with van der Waals surface area (Å²) in [6, 6.07) is 16.6. The zero-order chi connectivity index (χ0) is 23.0. The summed E-state index contributed by atoms with van der Waals surface area (Å²) in [7, 11) is 4.05. The number of non-ortho nitro benzene ring substituents is 1. The maximum Gasteiger partial charge on any atom is 0.270 e. The quantitative estimate of drug-likeness (QED) is 0.298. The van der Waals surface area contributed by atoms with Crippen molar-refractivity contribution in [3.63, 3.8) is 0 Å². The number of nitro benzene ring substituents is 1. The largest absolute Gasteiger partial charge is 0.507 e. The highest BCUT2D eigenvalue weighted by Crippen LogP contribution is 2.41.